The Kier molecular flexibility index (Phi) is 4.09. The number of rotatable bonds is 6. The summed E-state index contributed by atoms with van der Waals surface area (Å²) < 4.78 is 0.903. The van der Waals surface area contributed by atoms with Gasteiger partial charge in [-0.3, -0.25) is 0 Å². The predicted octanol–water partition coefficient (Wildman–Crippen LogP) is 2.75. The lowest BCUT2D eigenvalue weighted by atomic mass is 10.1. The minimum absolute atomic E-state index is 0.592. The van der Waals surface area contributed by atoms with Crippen LogP contribution in [0.15, 0.2) is 17.8 Å². The molecule has 0 aromatic carbocycles. The number of nitrogens with one attached hydrogen (secondary N) is 1. The van der Waals surface area contributed by atoms with E-state index in [1.54, 1.807) is 0 Å². The van der Waals surface area contributed by atoms with Gasteiger partial charge in [0.05, 0.1) is 10.2 Å². The number of nitrogens with zero attached hydrogens (tertiary/aromatic N) is 2. The maximum atomic E-state index is 11.2. The Bertz CT molecular complexity index is 541. The summed E-state index contributed by atoms with van der Waals surface area (Å²) in [6, 6.07) is 1.31. The van der Waals surface area contributed by atoms with E-state index in [0.717, 1.165) is 23.1 Å². The highest BCUT2D eigenvalue weighted by molar-refractivity contribution is 7.17. The second kappa shape index (κ2) is 5.77. The van der Waals surface area contributed by atoms with Crippen molar-refractivity contribution in [3.8, 4) is 0 Å². The molecule has 0 saturated heterocycles. The van der Waals surface area contributed by atoms with Gasteiger partial charge in [0.25, 0.3) is 0 Å². The van der Waals surface area contributed by atoms with Crippen molar-refractivity contribution >= 4 is 33.3 Å². The van der Waals surface area contributed by atoms with Gasteiger partial charge in [-0.05, 0) is 17.9 Å². The molecule has 0 aliphatic rings. The number of carbonyl (C=O) groups is 1. The highest BCUT2D eigenvalue weighted by atomic mass is 32.1. The first-order valence-electron chi connectivity index (χ1n) is 5.90. The molecule has 0 fully saturated rings. The molecule has 0 amide bonds. The molecule has 18 heavy (non-hydrogen) atoms. The van der Waals surface area contributed by atoms with Crippen LogP contribution in [0.5, 0.6) is 0 Å². The van der Waals surface area contributed by atoms with Gasteiger partial charge in [-0.1, -0.05) is 19.8 Å². The largest absolute Gasteiger partial charge is 0.480 e. The predicted molar refractivity (Wildman–Crippen MR) is 72.0 cm³/mol. The Balaban J connectivity index is 2.20. The molecule has 2 heterocycles. The monoisotopic (exact) mass is 265 g/mol. The molecule has 96 valence electrons. The van der Waals surface area contributed by atoms with Crippen molar-refractivity contribution in [2.75, 3.05) is 5.32 Å². The van der Waals surface area contributed by atoms with Crippen LogP contribution in [-0.2, 0) is 4.79 Å². The fourth-order valence-electron chi connectivity index (χ4n) is 1.72. The zero-order chi connectivity index (χ0) is 13.0. The highest BCUT2D eigenvalue weighted by Crippen LogP contribution is 2.25. The minimum Gasteiger partial charge on any atom is -0.480 e. The van der Waals surface area contributed by atoms with Crippen LogP contribution in [0.2, 0.25) is 0 Å². The molecule has 0 unspecified atom stereocenters. The van der Waals surface area contributed by atoms with Crippen molar-refractivity contribution in [3.05, 3.63) is 17.8 Å². The van der Waals surface area contributed by atoms with Gasteiger partial charge in [0.1, 0.15) is 18.2 Å². The van der Waals surface area contributed by atoms with Crippen molar-refractivity contribution in [2.45, 2.75) is 32.2 Å². The Morgan fingerprint density at radius 3 is 3.11 bits per heavy atom. The molecular formula is C12H15N3O2S. The van der Waals surface area contributed by atoms with Crippen molar-refractivity contribution in [2.24, 2.45) is 0 Å². The van der Waals surface area contributed by atoms with E-state index in [-0.39, 0.29) is 0 Å². The Morgan fingerprint density at radius 2 is 2.39 bits per heavy atom. The molecule has 0 saturated carbocycles. The maximum Gasteiger partial charge on any atom is 0.326 e. The maximum absolute atomic E-state index is 11.2. The van der Waals surface area contributed by atoms with Crippen LogP contribution in [0, 0.1) is 0 Å². The van der Waals surface area contributed by atoms with Gasteiger partial charge >= 0.3 is 5.97 Å². The van der Waals surface area contributed by atoms with Gasteiger partial charge in [-0.2, -0.15) is 0 Å². The summed E-state index contributed by atoms with van der Waals surface area (Å²) in [6.07, 6.45) is 3.91. The molecule has 0 aliphatic carbocycles. The number of hydrogen-bond acceptors (Lipinski definition) is 5. The third-order valence-electron chi connectivity index (χ3n) is 2.70. The van der Waals surface area contributed by atoms with Gasteiger partial charge in [0.2, 0.25) is 0 Å². The molecule has 0 spiro atoms. The van der Waals surface area contributed by atoms with Crippen LogP contribution in [0.3, 0.4) is 0 Å². The van der Waals surface area contributed by atoms with Gasteiger partial charge in [0, 0.05) is 0 Å². The lowest BCUT2D eigenvalue weighted by Crippen LogP contribution is -2.29. The molecular weight excluding hydrogens is 250 g/mol. The first kappa shape index (κ1) is 12.8. The number of aromatic nitrogens is 2. The number of hydrogen-bond donors (Lipinski definition) is 2. The van der Waals surface area contributed by atoms with E-state index in [0.29, 0.717) is 12.2 Å². The number of aliphatic carboxylic acids is 1. The average Bonchev–Trinajstić information content (AvgIpc) is 2.83. The number of carboxylic acid groups (broad SMARTS) is 1. The van der Waals surface area contributed by atoms with E-state index in [9.17, 15) is 9.90 Å². The van der Waals surface area contributed by atoms with Gasteiger partial charge < -0.3 is 10.4 Å². The summed E-state index contributed by atoms with van der Waals surface area (Å²) >= 11 is 1.51. The summed E-state index contributed by atoms with van der Waals surface area (Å²) in [7, 11) is 0. The molecule has 2 N–H and O–H groups in total. The summed E-state index contributed by atoms with van der Waals surface area (Å²) in [5, 5.41) is 14.1. The van der Waals surface area contributed by atoms with Crippen LogP contribution in [0.4, 0.5) is 5.82 Å². The Morgan fingerprint density at radius 1 is 1.56 bits per heavy atom. The number of carboxylic acids is 1. The van der Waals surface area contributed by atoms with Crippen LogP contribution >= 0.6 is 11.3 Å². The Hall–Kier alpha value is -1.69. The SMILES string of the molecule is CCCC[C@H](Nc1ncnc2ccsc12)C(=O)O. The minimum atomic E-state index is -0.841. The topological polar surface area (TPSA) is 75.1 Å². The zero-order valence-corrected chi connectivity index (χ0v) is 10.9. The molecule has 0 bridgehead atoms. The van der Waals surface area contributed by atoms with E-state index in [2.05, 4.69) is 15.3 Å². The summed E-state index contributed by atoms with van der Waals surface area (Å²) in [5.74, 6) is -0.231. The molecule has 0 aliphatic heterocycles. The molecule has 2 aromatic heterocycles. The van der Waals surface area contributed by atoms with E-state index in [4.69, 9.17) is 0 Å². The fraction of sp³-hybridized carbons (Fsp3) is 0.417. The summed E-state index contributed by atoms with van der Waals surface area (Å²) in [5.41, 5.74) is 0.845. The molecule has 6 heteroatoms. The molecule has 2 aromatic rings. The second-order valence-electron chi connectivity index (χ2n) is 4.03. The normalized spacial score (nSPS) is 12.5. The smallest absolute Gasteiger partial charge is 0.326 e. The molecule has 0 radical (unpaired) electrons. The third kappa shape index (κ3) is 2.76. The number of unbranched alkanes of at least 4 members (excludes halogenated alkanes) is 1. The quantitative estimate of drug-likeness (QED) is 0.840. The van der Waals surface area contributed by atoms with Gasteiger partial charge in [-0.15, -0.1) is 11.3 Å². The number of fused-ring (bicyclic) bond motifs is 1. The van der Waals surface area contributed by atoms with E-state index in [1.807, 2.05) is 18.4 Å². The Labute approximate surface area is 109 Å². The van der Waals surface area contributed by atoms with E-state index >= 15 is 0 Å². The standard InChI is InChI=1S/C12H15N3O2S/c1-2-3-4-9(12(16)17)15-11-10-8(5-6-18-10)13-7-14-11/h5-7,9H,2-4H2,1H3,(H,16,17)(H,13,14,15)/t9-/m0/s1. The van der Waals surface area contributed by atoms with Crippen LogP contribution in [-0.4, -0.2) is 27.1 Å². The molecule has 5 nitrogen and oxygen atoms in total. The van der Waals surface area contributed by atoms with E-state index in [1.165, 1.54) is 17.7 Å². The van der Waals surface area contributed by atoms with Crippen molar-refractivity contribution in [1.82, 2.24) is 9.97 Å². The first-order chi connectivity index (χ1) is 8.72. The lowest BCUT2D eigenvalue weighted by Gasteiger charge is -2.14. The average molecular weight is 265 g/mol. The molecule has 1 atom stereocenters. The van der Waals surface area contributed by atoms with Gasteiger partial charge in [0.15, 0.2) is 0 Å². The van der Waals surface area contributed by atoms with Crippen molar-refractivity contribution in [3.63, 3.8) is 0 Å². The molecule has 2 rings (SSSR count). The third-order valence-corrected chi connectivity index (χ3v) is 3.61. The number of anilines is 1. The van der Waals surface area contributed by atoms with Gasteiger partial charge in [-0.25, -0.2) is 14.8 Å². The van der Waals surface area contributed by atoms with Crippen molar-refractivity contribution < 1.29 is 9.90 Å². The van der Waals surface area contributed by atoms with Crippen LogP contribution < -0.4 is 5.32 Å². The summed E-state index contributed by atoms with van der Waals surface area (Å²) in [6.45, 7) is 2.04. The fourth-order valence-corrected chi connectivity index (χ4v) is 2.52. The highest BCUT2D eigenvalue weighted by Gasteiger charge is 2.18. The number of thiophene rings is 1. The lowest BCUT2D eigenvalue weighted by molar-refractivity contribution is -0.138. The van der Waals surface area contributed by atoms with Crippen LogP contribution in [0.25, 0.3) is 10.2 Å². The second-order valence-corrected chi connectivity index (χ2v) is 4.95. The zero-order valence-electron chi connectivity index (χ0n) is 10.1. The summed E-state index contributed by atoms with van der Waals surface area (Å²) in [4.78, 5) is 19.4. The van der Waals surface area contributed by atoms with E-state index < -0.39 is 12.0 Å². The van der Waals surface area contributed by atoms with Crippen molar-refractivity contribution in [1.29, 1.82) is 0 Å². The first-order valence-corrected chi connectivity index (χ1v) is 6.78. The van der Waals surface area contributed by atoms with Crippen LogP contribution in [0.1, 0.15) is 26.2 Å².